The van der Waals surface area contributed by atoms with Crippen molar-refractivity contribution in [3.05, 3.63) is 47.3 Å². The van der Waals surface area contributed by atoms with Crippen LogP contribution >= 0.6 is 0 Å². The van der Waals surface area contributed by atoms with Crippen LogP contribution in [0.1, 0.15) is 67.8 Å². The maximum Gasteiger partial charge on any atom is 0.251 e. The van der Waals surface area contributed by atoms with Crippen molar-refractivity contribution >= 4 is 16.8 Å². The predicted octanol–water partition coefficient (Wildman–Crippen LogP) is 5.13. The molecule has 1 aromatic carbocycles. The molecule has 5 nitrogen and oxygen atoms in total. The molecular weight excluding hydrogens is 350 g/mol. The van der Waals surface area contributed by atoms with Crippen LogP contribution in [0.3, 0.4) is 0 Å². The molecule has 5 heteroatoms. The topological polar surface area (TPSA) is 81.1 Å². The lowest BCUT2D eigenvalue weighted by Crippen LogP contribution is -2.14. The highest BCUT2D eigenvalue weighted by molar-refractivity contribution is 6.02. The molecule has 1 amide bonds. The van der Waals surface area contributed by atoms with E-state index in [1.54, 1.807) is 12.1 Å². The number of carbonyl (C=O) groups is 1. The van der Waals surface area contributed by atoms with E-state index in [4.69, 9.17) is 10.7 Å². The molecule has 3 aromatic rings. The van der Waals surface area contributed by atoms with Gasteiger partial charge in [-0.15, -0.1) is 0 Å². The Kier molecular flexibility index (Phi) is 5.73. The average Bonchev–Trinajstić information content (AvgIpc) is 2.94. The largest absolute Gasteiger partial charge is 0.506 e. The van der Waals surface area contributed by atoms with E-state index in [0.29, 0.717) is 16.8 Å². The van der Waals surface area contributed by atoms with E-state index in [1.165, 1.54) is 0 Å². The Labute approximate surface area is 166 Å². The van der Waals surface area contributed by atoms with E-state index in [0.717, 1.165) is 48.0 Å². The van der Waals surface area contributed by atoms with Crippen LogP contribution in [-0.4, -0.2) is 20.6 Å². The number of primary amides is 1. The normalized spacial score (nSPS) is 11.5. The van der Waals surface area contributed by atoms with Crippen molar-refractivity contribution in [2.24, 2.45) is 5.73 Å². The number of rotatable bonds is 7. The molecule has 0 spiro atoms. The first-order valence-electron chi connectivity index (χ1n) is 9.99. The fraction of sp³-hybridized carbons (Fsp3) is 0.391. The number of unbranched alkanes of at least 4 members (excludes halogenated alkanes) is 2. The van der Waals surface area contributed by atoms with E-state index in [-0.39, 0.29) is 11.8 Å². The molecule has 3 rings (SSSR count). The number of benzene rings is 1. The summed E-state index contributed by atoms with van der Waals surface area (Å²) in [6.45, 7) is 8.36. The van der Waals surface area contributed by atoms with Crippen LogP contribution in [0.2, 0.25) is 0 Å². The van der Waals surface area contributed by atoms with Gasteiger partial charge in [-0.3, -0.25) is 4.79 Å². The third kappa shape index (κ3) is 3.49. The van der Waals surface area contributed by atoms with E-state index in [1.807, 2.05) is 25.1 Å². The summed E-state index contributed by atoms with van der Waals surface area (Å²) in [5, 5.41) is 11.1. The Morgan fingerprint density at radius 1 is 1.21 bits per heavy atom. The quantitative estimate of drug-likeness (QED) is 0.558. The van der Waals surface area contributed by atoms with Gasteiger partial charge in [-0.25, -0.2) is 4.98 Å². The zero-order chi connectivity index (χ0) is 20.4. The number of para-hydroxylation sites is 1. The van der Waals surface area contributed by atoms with Crippen LogP contribution in [0, 0.1) is 6.92 Å². The van der Waals surface area contributed by atoms with Crippen molar-refractivity contribution in [3.63, 3.8) is 0 Å². The summed E-state index contributed by atoms with van der Waals surface area (Å²) >= 11 is 0. The molecular formula is C23H29N3O2. The van der Waals surface area contributed by atoms with Gasteiger partial charge in [0.1, 0.15) is 11.3 Å². The minimum atomic E-state index is -0.442. The van der Waals surface area contributed by atoms with E-state index >= 15 is 0 Å². The summed E-state index contributed by atoms with van der Waals surface area (Å²) in [6, 6.07) is 9.38. The predicted molar refractivity (Wildman–Crippen MR) is 114 cm³/mol. The molecule has 0 atom stereocenters. The van der Waals surface area contributed by atoms with Gasteiger partial charge in [0.25, 0.3) is 5.91 Å². The lowest BCUT2D eigenvalue weighted by atomic mass is 10.00. The van der Waals surface area contributed by atoms with Gasteiger partial charge in [-0.2, -0.15) is 0 Å². The highest BCUT2D eigenvalue weighted by atomic mass is 16.3. The third-order valence-electron chi connectivity index (χ3n) is 5.29. The van der Waals surface area contributed by atoms with Crippen LogP contribution in [-0.2, 0) is 6.42 Å². The molecule has 0 saturated heterocycles. The van der Waals surface area contributed by atoms with Crippen molar-refractivity contribution in [1.82, 2.24) is 9.55 Å². The molecule has 0 fully saturated rings. The van der Waals surface area contributed by atoms with Crippen LogP contribution in [0.4, 0.5) is 0 Å². The highest BCUT2D eigenvalue weighted by Gasteiger charge is 2.26. The molecule has 28 heavy (non-hydrogen) atoms. The van der Waals surface area contributed by atoms with Crippen LogP contribution in [0.5, 0.6) is 5.75 Å². The van der Waals surface area contributed by atoms with Crippen molar-refractivity contribution in [2.75, 3.05) is 0 Å². The van der Waals surface area contributed by atoms with E-state index in [9.17, 15) is 9.90 Å². The fourth-order valence-corrected chi connectivity index (χ4v) is 4.10. The fourth-order valence-electron chi connectivity index (χ4n) is 4.10. The molecule has 0 aliphatic rings. The molecule has 0 bridgehead atoms. The highest BCUT2D eigenvalue weighted by Crippen LogP contribution is 2.36. The Morgan fingerprint density at radius 3 is 2.61 bits per heavy atom. The maximum absolute atomic E-state index is 12.4. The number of hydrogen-bond donors (Lipinski definition) is 2. The Morgan fingerprint density at radius 2 is 1.96 bits per heavy atom. The van der Waals surface area contributed by atoms with Crippen molar-refractivity contribution in [1.29, 1.82) is 0 Å². The molecule has 0 radical (unpaired) electrons. The minimum absolute atomic E-state index is 0.132. The van der Waals surface area contributed by atoms with Crippen LogP contribution < -0.4 is 5.73 Å². The molecule has 0 aliphatic heterocycles. The van der Waals surface area contributed by atoms with Crippen molar-refractivity contribution in [3.8, 4) is 17.0 Å². The van der Waals surface area contributed by atoms with Gasteiger partial charge in [-0.05, 0) is 45.7 Å². The van der Waals surface area contributed by atoms with Gasteiger partial charge >= 0.3 is 0 Å². The van der Waals surface area contributed by atoms with Gasteiger partial charge in [0, 0.05) is 28.4 Å². The Hall–Kier alpha value is -2.82. The summed E-state index contributed by atoms with van der Waals surface area (Å²) < 4.78 is 2.21. The number of phenolic OH excluding ortho intramolecular Hbond substituents is 1. The zero-order valence-electron chi connectivity index (χ0n) is 17.1. The number of nitrogens with zero attached hydrogens (tertiary/aromatic N) is 2. The lowest BCUT2D eigenvalue weighted by molar-refractivity contribution is 0.1000. The number of nitrogens with two attached hydrogens (primary N) is 1. The number of pyridine rings is 1. The molecule has 0 aliphatic carbocycles. The maximum atomic E-state index is 12.4. The number of phenols is 1. The standard InChI is InChI=1S/C23H29N3O2/c1-5-6-7-10-18-21(20(23(24)28)15(4)26(18)14(2)3)17-13-12-16-9-8-11-19(27)22(16)25-17/h8-9,11-14,27H,5-7,10H2,1-4H3,(H2,24,28). The summed E-state index contributed by atoms with van der Waals surface area (Å²) in [4.78, 5) is 17.1. The average molecular weight is 380 g/mol. The van der Waals surface area contributed by atoms with Crippen LogP contribution in [0.25, 0.3) is 22.2 Å². The van der Waals surface area contributed by atoms with Crippen molar-refractivity contribution in [2.45, 2.75) is 59.4 Å². The second-order valence-corrected chi connectivity index (χ2v) is 7.61. The van der Waals surface area contributed by atoms with Gasteiger partial charge < -0.3 is 15.4 Å². The van der Waals surface area contributed by atoms with E-state index < -0.39 is 5.91 Å². The summed E-state index contributed by atoms with van der Waals surface area (Å²) in [5.41, 5.74) is 10.3. The number of hydrogen-bond acceptors (Lipinski definition) is 3. The SMILES string of the molecule is CCCCCc1c(-c2ccc3cccc(O)c3n2)c(C(N)=O)c(C)n1C(C)C. The Bertz CT molecular complexity index is 1020. The van der Waals surface area contributed by atoms with Gasteiger partial charge in [0.15, 0.2) is 0 Å². The molecule has 148 valence electrons. The monoisotopic (exact) mass is 379 g/mol. The molecule has 0 unspecified atom stereocenters. The smallest absolute Gasteiger partial charge is 0.251 e. The van der Waals surface area contributed by atoms with Gasteiger partial charge in [-0.1, -0.05) is 38.0 Å². The third-order valence-corrected chi connectivity index (χ3v) is 5.29. The second-order valence-electron chi connectivity index (χ2n) is 7.61. The summed E-state index contributed by atoms with van der Waals surface area (Å²) in [6.07, 6.45) is 4.15. The minimum Gasteiger partial charge on any atom is -0.506 e. The first-order valence-corrected chi connectivity index (χ1v) is 9.99. The number of carbonyl (C=O) groups excluding carboxylic acids is 1. The van der Waals surface area contributed by atoms with Gasteiger partial charge in [0.2, 0.25) is 0 Å². The molecule has 0 saturated carbocycles. The lowest BCUT2D eigenvalue weighted by Gasteiger charge is -2.17. The van der Waals surface area contributed by atoms with Crippen LogP contribution in [0.15, 0.2) is 30.3 Å². The number of aromatic nitrogens is 2. The molecule has 3 N–H and O–H groups in total. The molecule has 2 heterocycles. The second kappa shape index (κ2) is 8.05. The first kappa shape index (κ1) is 19.9. The summed E-state index contributed by atoms with van der Waals surface area (Å²) in [5.74, 6) is -0.310. The zero-order valence-corrected chi connectivity index (χ0v) is 17.1. The van der Waals surface area contributed by atoms with Crippen molar-refractivity contribution < 1.29 is 9.90 Å². The first-order chi connectivity index (χ1) is 13.4. The molecule has 2 aromatic heterocycles. The van der Waals surface area contributed by atoms with Gasteiger partial charge in [0.05, 0.1) is 11.3 Å². The number of fused-ring (bicyclic) bond motifs is 1. The number of aromatic hydroxyl groups is 1. The van der Waals surface area contributed by atoms with E-state index in [2.05, 4.69) is 25.3 Å². The Balaban J connectivity index is 2.30. The summed E-state index contributed by atoms with van der Waals surface area (Å²) in [7, 11) is 0. The number of amides is 1.